The maximum atomic E-state index is 12.8. The Kier molecular flexibility index (Phi) is 10.5. The Morgan fingerprint density at radius 1 is 1.08 bits per heavy atom. The molecule has 1 aliphatic heterocycles. The topological polar surface area (TPSA) is 93.9 Å². The molecule has 9 nitrogen and oxygen atoms in total. The van der Waals surface area contributed by atoms with Crippen LogP contribution in [-0.4, -0.2) is 62.4 Å². The second-order valence-electron chi connectivity index (χ2n) is 10.2. The number of amides is 1. The molecule has 0 saturated carbocycles. The van der Waals surface area contributed by atoms with Crippen molar-refractivity contribution in [1.82, 2.24) is 20.1 Å². The first-order valence-electron chi connectivity index (χ1n) is 13.8. The summed E-state index contributed by atoms with van der Waals surface area (Å²) in [6.45, 7) is 0.766. The lowest BCUT2D eigenvalue weighted by Gasteiger charge is -2.21. The molecule has 5 rings (SSSR count). The molecule has 1 unspecified atom stereocenters. The van der Waals surface area contributed by atoms with E-state index in [9.17, 15) is 31.1 Å². The second-order valence-corrected chi connectivity index (χ2v) is 12.0. The van der Waals surface area contributed by atoms with E-state index in [0.29, 0.717) is 23.6 Å². The van der Waals surface area contributed by atoms with Crippen LogP contribution in [0.4, 0.5) is 32.0 Å². The Balaban J connectivity index is 1.20. The van der Waals surface area contributed by atoms with Crippen molar-refractivity contribution in [2.45, 2.75) is 25.4 Å². The number of anilines is 1. The molecule has 1 saturated heterocycles. The zero-order valence-corrected chi connectivity index (χ0v) is 26.9. The lowest BCUT2D eigenvalue weighted by molar-refractivity contribution is -0.274. The van der Waals surface area contributed by atoms with Gasteiger partial charge in [-0.15, -0.1) is 18.3 Å². The largest absolute Gasteiger partial charge is 0.573 e. The minimum Gasteiger partial charge on any atom is -0.482 e. The number of rotatable bonds is 9. The number of ether oxygens (including phenoxy) is 2. The SMILES string of the molecule is CC(CNC(=S)N=C1SCC(=O)N1c1cc(Cl)ccc1OCC(F)(F)F)c1ccc(-c2ncn(-c3ccc(OC(F)(F)F)cc3)n2)cc1. The molecule has 1 aliphatic rings. The van der Waals surface area contributed by atoms with E-state index in [2.05, 4.69) is 25.1 Å². The molecule has 1 atom stereocenters. The third-order valence-corrected chi connectivity index (χ3v) is 8.03. The number of alkyl halides is 6. The van der Waals surface area contributed by atoms with Gasteiger partial charge >= 0.3 is 12.5 Å². The van der Waals surface area contributed by atoms with Gasteiger partial charge in [0.05, 0.1) is 17.1 Å². The van der Waals surface area contributed by atoms with E-state index in [0.717, 1.165) is 22.2 Å². The fraction of sp³-hybridized carbons (Fsp3) is 0.233. The Bertz CT molecular complexity index is 1820. The molecule has 18 heteroatoms. The van der Waals surface area contributed by atoms with E-state index in [1.165, 1.54) is 53.5 Å². The van der Waals surface area contributed by atoms with Crippen LogP contribution in [0.3, 0.4) is 0 Å². The van der Waals surface area contributed by atoms with Crippen LogP contribution in [0.1, 0.15) is 18.4 Å². The fourth-order valence-electron chi connectivity index (χ4n) is 4.39. The van der Waals surface area contributed by atoms with Gasteiger partial charge in [0, 0.05) is 17.1 Å². The maximum Gasteiger partial charge on any atom is 0.573 e. The third-order valence-electron chi connectivity index (χ3n) is 6.64. The molecule has 1 amide bonds. The normalized spacial score (nSPS) is 15.1. The molecule has 4 aromatic rings. The highest BCUT2D eigenvalue weighted by molar-refractivity contribution is 8.15. The predicted octanol–water partition coefficient (Wildman–Crippen LogP) is 7.54. The van der Waals surface area contributed by atoms with Gasteiger partial charge in [-0.05, 0) is 66.2 Å². The van der Waals surface area contributed by atoms with Gasteiger partial charge in [0.25, 0.3) is 0 Å². The van der Waals surface area contributed by atoms with Crippen molar-refractivity contribution in [2.75, 3.05) is 23.8 Å². The summed E-state index contributed by atoms with van der Waals surface area (Å²) in [5.41, 5.74) is 2.16. The van der Waals surface area contributed by atoms with Crippen LogP contribution in [0, 0.1) is 0 Å². The number of nitrogens with zero attached hydrogens (tertiary/aromatic N) is 5. The molecule has 1 fully saturated rings. The Hall–Kier alpha value is -4.35. The number of benzene rings is 3. The molecule has 2 heterocycles. The van der Waals surface area contributed by atoms with Crippen molar-refractivity contribution in [3.8, 4) is 28.6 Å². The quantitative estimate of drug-likeness (QED) is 0.140. The van der Waals surface area contributed by atoms with Crippen molar-refractivity contribution < 1.29 is 40.6 Å². The summed E-state index contributed by atoms with van der Waals surface area (Å²) >= 11 is 12.5. The molecule has 48 heavy (non-hydrogen) atoms. The van der Waals surface area contributed by atoms with Crippen molar-refractivity contribution >= 4 is 57.5 Å². The maximum absolute atomic E-state index is 12.8. The van der Waals surface area contributed by atoms with Crippen LogP contribution >= 0.6 is 35.6 Å². The minimum atomic E-state index is -4.79. The summed E-state index contributed by atoms with van der Waals surface area (Å²) in [5, 5.41) is 7.85. The molecular weight excluding hydrogens is 706 g/mol. The van der Waals surface area contributed by atoms with Gasteiger partial charge in [-0.1, -0.05) is 54.6 Å². The van der Waals surface area contributed by atoms with Crippen LogP contribution < -0.4 is 19.7 Å². The van der Waals surface area contributed by atoms with Crippen molar-refractivity contribution in [1.29, 1.82) is 0 Å². The molecule has 252 valence electrons. The van der Waals surface area contributed by atoms with Crippen molar-refractivity contribution in [2.24, 2.45) is 4.99 Å². The highest BCUT2D eigenvalue weighted by Crippen LogP contribution is 2.37. The van der Waals surface area contributed by atoms with Crippen molar-refractivity contribution in [3.05, 3.63) is 83.6 Å². The van der Waals surface area contributed by atoms with E-state index >= 15 is 0 Å². The molecule has 0 aliphatic carbocycles. The van der Waals surface area contributed by atoms with E-state index in [4.69, 9.17) is 28.6 Å². The minimum absolute atomic E-state index is 0.00822. The Labute approximate surface area is 283 Å². The number of amidine groups is 1. The van der Waals surface area contributed by atoms with Gasteiger partial charge in [-0.2, -0.15) is 18.2 Å². The summed E-state index contributed by atoms with van der Waals surface area (Å²) < 4.78 is 86.0. The smallest absolute Gasteiger partial charge is 0.482 e. The Morgan fingerprint density at radius 3 is 2.46 bits per heavy atom. The highest BCUT2D eigenvalue weighted by atomic mass is 35.5. The average molecular weight is 729 g/mol. The van der Waals surface area contributed by atoms with E-state index in [-0.39, 0.29) is 44.2 Å². The van der Waals surface area contributed by atoms with Crippen LogP contribution in [0.5, 0.6) is 11.5 Å². The molecule has 3 aromatic carbocycles. The number of carbonyl (C=O) groups excluding carboxylic acids is 1. The van der Waals surface area contributed by atoms with Gasteiger partial charge in [-0.25, -0.2) is 9.67 Å². The first-order valence-corrected chi connectivity index (χ1v) is 15.6. The van der Waals surface area contributed by atoms with E-state index in [1.807, 2.05) is 31.2 Å². The number of aliphatic imine (C=N–C) groups is 1. The van der Waals surface area contributed by atoms with Gasteiger partial charge in [0.15, 0.2) is 22.7 Å². The number of carbonyl (C=O) groups is 1. The van der Waals surface area contributed by atoms with Gasteiger partial charge < -0.3 is 14.8 Å². The van der Waals surface area contributed by atoms with E-state index in [1.54, 1.807) is 0 Å². The molecular formula is C30H23ClF6N6O3S2. The lowest BCUT2D eigenvalue weighted by Crippen LogP contribution is -2.32. The lowest BCUT2D eigenvalue weighted by atomic mass is 10.00. The van der Waals surface area contributed by atoms with Gasteiger partial charge in [0.1, 0.15) is 17.8 Å². The molecule has 0 bridgehead atoms. The number of thioether (sulfide) groups is 1. The predicted molar refractivity (Wildman–Crippen MR) is 173 cm³/mol. The fourth-order valence-corrected chi connectivity index (χ4v) is 5.65. The standard InChI is InChI=1S/C30H23ClF6N6O3S2/c1-17(18-2-4-19(5-3-18)26-39-16-42(41-26)21-7-9-22(10-8-21)46-30(35,36)37)13-38-27(47)40-28-43(25(44)14-48-28)23-12-20(31)6-11-24(23)45-15-29(32,33)34/h2-12,16-17H,13-15H2,1H3,(H,38,47). The first-order chi connectivity index (χ1) is 22.6. The first kappa shape index (κ1) is 35.0. The number of nitrogens with one attached hydrogen (secondary N) is 1. The number of hydrogen-bond donors (Lipinski definition) is 1. The van der Waals surface area contributed by atoms with Crippen LogP contribution in [-0.2, 0) is 4.79 Å². The summed E-state index contributed by atoms with van der Waals surface area (Å²) in [5.74, 6) is -0.623. The van der Waals surface area contributed by atoms with E-state index < -0.39 is 25.1 Å². The third kappa shape index (κ3) is 9.17. The molecule has 1 N–H and O–H groups in total. The zero-order chi connectivity index (χ0) is 34.6. The zero-order valence-electron chi connectivity index (χ0n) is 24.5. The molecule has 0 radical (unpaired) electrons. The van der Waals surface area contributed by atoms with Gasteiger partial charge in [-0.3, -0.25) is 9.69 Å². The summed E-state index contributed by atoms with van der Waals surface area (Å²) in [6.07, 6.45) is -7.93. The molecule has 1 aromatic heterocycles. The summed E-state index contributed by atoms with van der Waals surface area (Å²) in [6, 6.07) is 16.6. The van der Waals surface area contributed by atoms with Crippen LogP contribution in [0.15, 0.2) is 78.0 Å². The van der Waals surface area contributed by atoms with Crippen LogP contribution in [0.2, 0.25) is 5.02 Å². The van der Waals surface area contributed by atoms with Crippen LogP contribution in [0.25, 0.3) is 17.1 Å². The summed E-state index contributed by atoms with van der Waals surface area (Å²) in [4.78, 5) is 22.5. The van der Waals surface area contributed by atoms with Gasteiger partial charge in [0.2, 0.25) is 5.91 Å². The molecule has 0 spiro atoms. The van der Waals surface area contributed by atoms with Crippen molar-refractivity contribution in [3.63, 3.8) is 0 Å². The number of thiocarbonyl (C=S) groups is 1. The Morgan fingerprint density at radius 2 is 1.79 bits per heavy atom. The second kappa shape index (κ2) is 14.4. The summed E-state index contributed by atoms with van der Waals surface area (Å²) in [7, 11) is 0. The number of aromatic nitrogens is 3. The monoisotopic (exact) mass is 728 g/mol. The number of halogens is 7. The average Bonchev–Trinajstić information content (AvgIpc) is 3.65. The number of hydrogen-bond acceptors (Lipinski definition) is 7. The highest BCUT2D eigenvalue weighted by Gasteiger charge is 2.34.